The van der Waals surface area contributed by atoms with Crippen molar-refractivity contribution < 1.29 is 13.2 Å². The van der Waals surface area contributed by atoms with Gasteiger partial charge in [0, 0.05) is 25.1 Å². The number of benzene rings is 1. The molecule has 0 aliphatic heterocycles. The molecule has 0 atom stereocenters. The number of halogens is 2. The molecule has 0 unspecified atom stereocenters. The second kappa shape index (κ2) is 5.54. The summed E-state index contributed by atoms with van der Waals surface area (Å²) in [5, 5.41) is 10.2. The molecular weight excluding hydrogens is 242 g/mol. The SMILES string of the molecule is NCCc1nnc(NCc2cc(F)ccc2F)o1. The molecule has 18 heavy (non-hydrogen) atoms. The molecule has 5 nitrogen and oxygen atoms in total. The van der Waals surface area contributed by atoms with Crippen LogP contribution < -0.4 is 11.1 Å². The van der Waals surface area contributed by atoms with Crippen molar-refractivity contribution in [3.63, 3.8) is 0 Å². The van der Waals surface area contributed by atoms with E-state index in [0.29, 0.717) is 18.9 Å². The van der Waals surface area contributed by atoms with Crippen molar-refractivity contribution in [2.24, 2.45) is 5.73 Å². The van der Waals surface area contributed by atoms with Gasteiger partial charge in [0.05, 0.1) is 0 Å². The zero-order valence-electron chi connectivity index (χ0n) is 9.49. The fraction of sp³-hybridized carbons (Fsp3) is 0.273. The molecule has 3 N–H and O–H groups in total. The van der Waals surface area contributed by atoms with Crippen LogP contribution in [0.5, 0.6) is 0 Å². The van der Waals surface area contributed by atoms with Crippen LogP contribution in [0.2, 0.25) is 0 Å². The standard InChI is InChI=1S/C11H12F2N4O/c12-8-1-2-9(13)7(5-8)6-15-11-17-16-10(18-11)3-4-14/h1-2,5H,3-4,6,14H2,(H,15,17). The first kappa shape index (κ1) is 12.4. The van der Waals surface area contributed by atoms with Crippen molar-refractivity contribution in [1.82, 2.24) is 10.2 Å². The summed E-state index contributed by atoms with van der Waals surface area (Å²) < 4.78 is 31.4. The Kier molecular flexibility index (Phi) is 3.83. The zero-order valence-corrected chi connectivity index (χ0v) is 9.49. The average Bonchev–Trinajstić information content (AvgIpc) is 2.79. The van der Waals surface area contributed by atoms with Gasteiger partial charge in [-0.05, 0) is 18.2 Å². The zero-order chi connectivity index (χ0) is 13.0. The van der Waals surface area contributed by atoms with Crippen LogP contribution in [-0.4, -0.2) is 16.7 Å². The molecule has 0 saturated carbocycles. The van der Waals surface area contributed by atoms with Crippen molar-refractivity contribution >= 4 is 6.01 Å². The summed E-state index contributed by atoms with van der Waals surface area (Å²) in [6.07, 6.45) is 0.475. The third-order valence-corrected chi connectivity index (χ3v) is 2.26. The van der Waals surface area contributed by atoms with E-state index in [4.69, 9.17) is 10.2 Å². The van der Waals surface area contributed by atoms with E-state index in [9.17, 15) is 8.78 Å². The lowest BCUT2D eigenvalue weighted by molar-refractivity contribution is 0.504. The fourth-order valence-electron chi connectivity index (χ4n) is 1.40. The molecule has 1 heterocycles. The van der Waals surface area contributed by atoms with Crippen molar-refractivity contribution in [2.45, 2.75) is 13.0 Å². The van der Waals surface area contributed by atoms with Gasteiger partial charge in [0.1, 0.15) is 11.6 Å². The summed E-state index contributed by atoms with van der Waals surface area (Å²) in [5.74, 6) is -0.590. The summed E-state index contributed by atoms with van der Waals surface area (Å²) in [7, 11) is 0. The quantitative estimate of drug-likeness (QED) is 0.844. The van der Waals surface area contributed by atoms with E-state index in [0.717, 1.165) is 18.2 Å². The summed E-state index contributed by atoms with van der Waals surface area (Å²) in [4.78, 5) is 0. The normalized spacial score (nSPS) is 10.6. The van der Waals surface area contributed by atoms with E-state index in [1.165, 1.54) is 0 Å². The minimum Gasteiger partial charge on any atom is -0.408 e. The van der Waals surface area contributed by atoms with Crippen LogP contribution in [0.1, 0.15) is 11.5 Å². The number of nitrogens with two attached hydrogens (primary N) is 1. The molecule has 2 rings (SSSR count). The molecule has 0 aliphatic carbocycles. The highest BCUT2D eigenvalue weighted by Gasteiger charge is 2.07. The molecule has 1 aromatic heterocycles. The highest BCUT2D eigenvalue weighted by Crippen LogP contribution is 2.12. The number of hydrogen-bond acceptors (Lipinski definition) is 5. The number of hydrogen-bond donors (Lipinski definition) is 2. The van der Waals surface area contributed by atoms with Gasteiger partial charge in [-0.2, -0.15) is 0 Å². The largest absolute Gasteiger partial charge is 0.408 e. The molecular formula is C11H12F2N4O. The van der Waals surface area contributed by atoms with Gasteiger partial charge >= 0.3 is 6.01 Å². The monoisotopic (exact) mass is 254 g/mol. The molecule has 96 valence electrons. The maximum absolute atomic E-state index is 13.3. The number of anilines is 1. The Bertz CT molecular complexity index is 530. The van der Waals surface area contributed by atoms with E-state index in [1.54, 1.807) is 0 Å². The van der Waals surface area contributed by atoms with Crippen LogP contribution in [0.4, 0.5) is 14.8 Å². The minimum absolute atomic E-state index is 0.0633. The Morgan fingerprint density at radius 2 is 2.11 bits per heavy atom. The Hall–Kier alpha value is -2.02. The van der Waals surface area contributed by atoms with Gasteiger partial charge in [0.2, 0.25) is 5.89 Å². The van der Waals surface area contributed by atoms with E-state index in [1.807, 2.05) is 0 Å². The van der Waals surface area contributed by atoms with Crippen LogP contribution in [0.3, 0.4) is 0 Å². The van der Waals surface area contributed by atoms with Crippen LogP contribution in [0, 0.1) is 11.6 Å². The van der Waals surface area contributed by atoms with Crippen molar-refractivity contribution in [1.29, 1.82) is 0 Å². The molecule has 0 bridgehead atoms. The molecule has 7 heteroatoms. The smallest absolute Gasteiger partial charge is 0.315 e. The predicted octanol–water partition coefficient (Wildman–Crippen LogP) is 1.46. The van der Waals surface area contributed by atoms with Crippen LogP contribution in [0.25, 0.3) is 0 Å². The fourth-order valence-corrected chi connectivity index (χ4v) is 1.40. The van der Waals surface area contributed by atoms with Crippen LogP contribution in [-0.2, 0) is 13.0 Å². The first-order valence-corrected chi connectivity index (χ1v) is 5.39. The number of nitrogens with one attached hydrogen (secondary N) is 1. The maximum Gasteiger partial charge on any atom is 0.315 e. The Morgan fingerprint density at radius 1 is 1.28 bits per heavy atom. The molecule has 2 aromatic rings. The van der Waals surface area contributed by atoms with Crippen molar-refractivity contribution in [3.05, 3.63) is 41.3 Å². The summed E-state index contributed by atoms with van der Waals surface area (Å²) in [5.41, 5.74) is 5.52. The van der Waals surface area contributed by atoms with E-state index in [2.05, 4.69) is 15.5 Å². The van der Waals surface area contributed by atoms with E-state index < -0.39 is 11.6 Å². The number of rotatable bonds is 5. The second-order valence-electron chi connectivity index (χ2n) is 3.63. The van der Waals surface area contributed by atoms with Crippen molar-refractivity contribution in [2.75, 3.05) is 11.9 Å². The third kappa shape index (κ3) is 3.01. The lowest BCUT2D eigenvalue weighted by Gasteiger charge is -2.03. The molecule has 0 radical (unpaired) electrons. The Labute approximate surface area is 102 Å². The van der Waals surface area contributed by atoms with Crippen LogP contribution >= 0.6 is 0 Å². The summed E-state index contributed by atoms with van der Waals surface area (Å²) in [6.45, 7) is 0.466. The van der Waals surface area contributed by atoms with E-state index >= 15 is 0 Å². The predicted molar refractivity (Wildman–Crippen MR) is 60.7 cm³/mol. The third-order valence-electron chi connectivity index (χ3n) is 2.26. The highest BCUT2D eigenvalue weighted by atomic mass is 19.1. The average molecular weight is 254 g/mol. The molecule has 1 aromatic carbocycles. The first-order valence-electron chi connectivity index (χ1n) is 5.39. The lowest BCUT2D eigenvalue weighted by atomic mass is 10.2. The topological polar surface area (TPSA) is 77.0 Å². The number of aromatic nitrogens is 2. The highest BCUT2D eigenvalue weighted by molar-refractivity contribution is 5.25. The first-order chi connectivity index (χ1) is 8.69. The lowest BCUT2D eigenvalue weighted by Crippen LogP contribution is -2.03. The molecule has 0 fully saturated rings. The van der Waals surface area contributed by atoms with Gasteiger partial charge in [-0.1, -0.05) is 5.10 Å². The maximum atomic E-state index is 13.3. The van der Waals surface area contributed by atoms with Gasteiger partial charge in [0.15, 0.2) is 0 Å². The van der Waals surface area contributed by atoms with Gasteiger partial charge < -0.3 is 15.5 Å². The van der Waals surface area contributed by atoms with Crippen LogP contribution in [0.15, 0.2) is 22.6 Å². The Morgan fingerprint density at radius 3 is 2.89 bits per heavy atom. The molecule has 0 amide bonds. The summed E-state index contributed by atoms with van der Waals surface area (Å²) >= 11 is 0. The molecule has 0 saturated heterocycles. The number of nitrogens with zero attached hydrogens (tertiary/aromatic N) is 2. The molecule has 0 spiro atoms. The van der Waals surface area contributed by atoms with Gasteiger partial charge in [0.25, 0.3) is 0 Å². The van der Waals surface area contributed by atoms with Crippen molar-refractivity contribution in [3.8, 4) is 0 Å². The molecule has 0 aliphatic rings. The minimum atomic E-state index is -0.498. The van der Waals surface area contributed by atoms with Gasteiger partial charge in [-0.25, -0.2) is 8.78 Å². The summed E-state index contributed by atoms with van der Waals surface area (Å²) in [6, 6.07) is 3.40. The van der Waals surface area contributed by atoms with Gasteiger partial charge in [-0.3, -0.25) is 0 Å². The second-order valence-corrected chi connectivity index (χ2v) is 3.63. The Balaban J connectivity index is 1.99. The van der Waals surface area contributed by atoms with Gasteiger partial charge in [-0.15, -0.1) is 5.10 Å². The van der Waals surface area contributed by atoms with E-state index in [-0.39, 0.29) is 18.1 Å².